The van der Waals surface area contributed by atoms with Crippen LogP contribution in [0.3, 0.4) is 0 Å². The van der Waals surface area contributed by atoms with Crippen LogP contribution in [0.2, 0.25) is 0 Å². The molecule has 0 aliphatic carbocycles. The molecule has 1 fully saturated rings. The maximum absolute atomic E-state index is 12.2. The van der Waals surface area contributed by atoms with Crippen molar-refractivity contribution in [2.45, 2.75) is 51.7 Å². The van der Waals surface area contributed by atoms with Crippen LogP contribution >= 0.6 is 0 Å². The van der Waals surface area contributed by atoms with E-state index in [1.165, 1.54) is 37.9 Å². The molecule has 3 rings (SSSR count). The number of carbonyl (C=O) groups excluding carboxylic acids is 2. The van der Waals surface area contributed by atoms with Crippen molar-refractivity contribution in [3.05, 3.63) is 71.3 Å². The molecule has 2 N–H and O–H groups in total. The third kappa shape index (κ3) is 7.02. The Kier molecular flexibility index (Phi) is 7.82. The number of nitrogens with one attached hydrogen (secondary N) is 2. The molecular weight excluding hydrogens is 362 g/mol. The van der Waals surface area contributed by atoms with Crippen LogP contribution in [0, 0.1) is 0 Å². The standard InChI is InChI=1S/C24H31N3O2/c1-19(26-24(29)22-8-4-2-5-9-22)16-23(28)25-17-20-10-12-21(13-11-20)18-27-14-6-3-7-15-27/h2,4-5,8-13,19H,3,6-7,14-18H2,1H3,(H,25,28)(H,26,29). The van der Waals surface area contributed by atoms with Crippen molar-refractivity contribution in [2.75, 3.05) is 13.1 Å². The van der Waals surface area contributed by atoms with Gasteiger partial charge in [0.25, 0.3) is 5.91 Å². The van der Waals surface area contributed by atoms with Gasteiger partial charge in [-0.15, -0.1) is 0 Å². The van der Waals surface area contributed by atoms with Gasteiger partial charge < -0.3 is 10.6 Å². The van der Waals surface area contributed by atoms with E-state index in [1.54, 1.807) is 12.1 Å². The highest BCUT2D eigenvalue weighted by atomic mass is 16.2. The van der Waals surface area contributed by atoms with Crippen LogP contribution in [0.15, 0.2) is 54.6 Å². The van der Waals surface area contributed by atoms with Crippen LogP contribution in [-0.2, 0) is 17.9 Å². The number of hydrogen-bond acceptors (Lipinski definition) is 3. The number of rotatable bonds is 8. The molecule has 5 heteroatoms. The van der Waals surface area contributed by atoms with E-state index in [0.29, 0.717) is 12.1 Å². The molecule has 1 saturated heterocycles. The Morgan fingerprint density at radius 2 is 1.59 bits per heavy atom. The maximum Gasteiger partial charge on any atom is 0.251 e. The number of likely N-dealkylation sites (tertiary alicyclic amines) is 1. The summed E-state index contributed by atoms with van der Waals surface area (Å²) < 4.78 is 0. The van der Waals surface area contributed by atoms with Crippen molar-refractivity contribution >= 4 is 11.8 Å². The third-order valence-electron chi connectivity index (χ3n) is 5.27. The molecule has 0 spiro atoms. The van der Waals surface area contributed by atoms with Gasteiger partial charge in [0, 0.05) is 31.1 Å². The van der Waals surface area contributed by atoms with E-state index < -0.39 is 0 Å². The highest BCUT2D eigenvalue weighted by Gasteiger charge is 2.13. The molecule has 0 radical (unpaired) electrons. The lowest BCUT2D eigenvalue weighted by molar-refractivity contribution is -0.121. The minimum absolute atomic E-state index is 0.0664. The van der Waals surface area contributed by atoms with Crippen LogP contribution in [0.1, 0.15) is 54.1 Å². The van der Waals surface area contributed by atoms with Gasteiger partial charge in [-0.05, 0) is 56.1 Å². The highest BCUT2D eigenvalue weighted by Crippen LogP contribution is 2.13. The Labute approximate surface area is 173 Å². The summed E-state index contributed by atoms with van der Waals surface area (Å²) in [6.07, 6.45) is 4.21. The molecule has 5 nitrogen and oxygen atoms in total. The monoisotopic (exact) mass is 393 g/mol. The lowest BCUT2D eigenvalue weighted by Crippen LogP contribution is -2.37. The van der Waals surface area contributed by atoms with E-state index in [4.69, 9.17) is 0 Å². The number of piperidine rings is 1. The third-order valence-corrected chi connectivity index (χ3v) is 5.27. The van der Waals surface area contributed by atoms with Gasteiger partial charge in [-0.3, -0.25) is 14.5 Å². The molecule has 2 aromatic carbocycles. The second-order valence-electron chi connectivity index (χ2n) is 7.87. The highest BCUT2D eigenvalue weighted by molar-refractivity contribution is 5.94. The molecule has 0 aromatic heterocycles. The summed E-state index contributed by atoms with van der Waals surface area (Å²) in [6, 6.07) is 17.3. The fourth-order valence-electron chi connectivity index (χ4n) is 3.64. The zero-order valence-electron chi connectivity index (χ0n) is 17.2. The van der Waals surface area contributed by atoms with Crippen molar-refractivity contribution in [3.8, 4) is 0 Å². The van der Waals surface area contributed by atoms with Crippen molar-refractivity contribution in [3.63, 3.8) is 0 Å². The second-order valence-corrected chi connectivity index (χ2v) is 7.87. The first-order valence-corrected chi connectivity index (χ1v) is 10.5. The summed E-state index contributed by atoms with van der Waals surface area (Å²) in [5.74, 6) is -0.224. The van der Waals surface area contributed by atoms with Gasteiger partial charge in [0.05, 0.1) is 0 Å². The number of carbonyl (C=O) groups is 2. The van der Waals surface area contributed by atoms with Gasteiger partial charge in [-0.2, -0.15) is 0 Å². The number of hydrogen-bond donors (Lipinski definition) is 2. The molecule has 154 valence electrons. The minimum atomic E-state index is -0.227. The van der Waals surface area contributed by atoms with Crippen molar-refractivity contribution in [1.82, 2.24) is 15.5 Å². The zero-order valence-corrected chi connectivity index (χ0v) is 17.2. The minimum Gasteiger partial charge on any atom is -0.352 e. The van der Waals surface area contributed by atoms with E-state index in [2.05, 4.69) is 39.8 Å². The molecule has 1 heterocycles. The molecular formula is C24H31N3O2. The second kappa shape index (κ2) is 10.8. The lowest BCUT2D eigenvalue weighted by atomic mass is 10.1. The summed E-state index contributed by atoms with van der Waals surface area (Å²) >= 11 is 0. The van der Waals surface area contributed by atoms with Crippen LogP contribution in [0.25, 0.3) is 0 Å². The van der Waals surface area contributed by atoms with E-state index >= 15 is 0 Å². The first-order chi connectivity index (χ1) is 14.1. The Morgan fingerprint density at radius 3 is 2.28 bits per heavy atom. The summed E-state index contributed by atoms with van der Waals surface area (Å²) in [7, 11) is 0. The molecule has 1 aliphatic heterocycles. The van der Waals surface area contributed by atoms with E-state index in [9.17, 15) is 9.59 Å². The van der Waals surface area contributed by atoms with E-state index in [1.807, 2.05) is 25.1 Å². The van der Waals surface area contributed by atoms with Crippen molar-refractivity contribution in [2.24, 2.45) is 0 Å². The van der Waals surface area contributed by atoms with Gasteiger partial charge in [0.1, 0.15) is 0 Å². The number of amides is 2. The predicted octanol–water partition coefficient (Wildman–Crippen LogP) is 3.50. The summed E-state index contributed by atoms with van der Waals surface area (Å²) in [5.41, 5.74) is 3.00. The molecule has 0 saturated carbocycles. The van der Waals surface area contributed by atoms with Crippen LogP contribution in [0.4, 0.5) is 0 Å². The SMILES string of the molecule is CC(CC(=O)NCc1ccc(CN2CCCCC2)cc1)NC(=O)c1ccccc1. The first kappa shape index (κ1) is 21.1. The quantitative estimate of drug-likeness (QED) is 0.722. The fraction of sp³-hybridized carbons (Fsp3) is 0.417. The fourth-order valence-corrected chi connectivity index (χ4v) is 3.64. The lowest BCUT2D eigenvalue weighted by Gasteiger charge is -2.26. The Hall–Kier alpha value is -2.66. The molecule has 1 unspecified atom stereocenters. The van der Waals surface area contributed by atoms with Gasteiger partial charge >= 0.3 is 0 Å². The predicted molar refractivity (Wildman–Crippen MR) is 115 cm³/mol. The van der Waals surface area contributed by atoms with Crippen LogP contribution < -0.4 is 10.6 Å². The van der Waals surface area contributed by atoms with Gasteiger partial charge in [-0.1, -0.05) is 48.9 Å². The van der Waals surface area contributed by atoms with E-state index in [-0.39, 0.29) is 24.3 Å². The van der Waals surface area contributed by atoms with Gasteiger partial charge in [0.15, 0.2) is 0 Å². The summed E-state index contributed by atoms with van der Waals surface area (Å²) in [4.78, 5) is 26.9. The van der Waals surface area contributed by atoms with Gasteiger partial charge in [0.2, 0.25) is 5.91 Å². The Balaban J connectivity index is 1.38. The average Bonchev–Trinajstić information content (AvgIpc) is 2.74. The molecule has 1 atom stereocenters. The molecule has 0 bridgehead atoms. The molecule has 1 aliphatic rings. The molecule has 29 heavy (non-hydrogen) atoms. The Morgan fingerprint density at radius 1 is 0.931 bits per heavy atom. The topological polar surface area (TPSA) is 61.4 Å². The van der Waals surface area contributed by atoms with Crippen LogP contribution in [-0.4, -0.2) is 35.8 Å². The Bertz CT molecular complexity index is 784. The normalized spacial score (nSPS) is 15.5. The van der Waals surface area contributed by atoms with Crippen molar-refractivity contribution < 1.29 is 9.59 Å². The average molecular weight is 394 g/mol. The summed E-state index contributed by atoms with van der Waals surface area (Å²) in [5, 5.41) is 5.81. The first-order valence-electron chi connectivity index (χ1n) is 10.5. The smallest absolute Gasteiger partial charge is 0.251 e. The number of benzene rings is 2. The van der Waals surface area contributed by atoms with Gasteiger partial charge in [-0.25, -0.2) is 0 Å². The number of nitrogens with zero attached hydrogens (tertiary/aromatic N) is 1. The van der Waals surface area contributed by atoms with Crippen LogP contribution in [0.5, 0.6) is 0 Å². The molecule has 2 amide bonds. The van der Waals surface area contributed by atoms with Crippen molar-refractivity contribution in [1.29, 1.82) is 0 Å². The van der Waals surface area contributed by atoms with E-state index in [0.717, 1.165) is 12.1 Å². The zero-order chi connectivity index (χ0) is 20.5. The largest absolute Gasteiger partial charge is 0.352 e. The summed E-state index contributed by atoms with van der Waals surface area (Å²) in [6.45, 7) is 5.73. The maximum atomic E-state index is 12.2. The molecule has 2 aromatic rings.